The topological polar surface area (TPSA) is 83.6 Å². The Balaban J connectivity index is 1.50. The van der Waals surface area contributed by atoms with Gasteiger partial charge in [0.15, 0.2) is 12.2 Å². The van der Waals surface area contributed by atoms with Gasteiger partial charge < -0.3 is 14.4 Å². The Morgan fingerprint density at radius 2 is 1.92 bits per heavy atom. The van der Waals surface area contributed by atoms with Crippen molar-refractivity contribution >= 4 is 11.9 Å². The van der Waals surface area contributed by atoms with Crippen LogP contribution in [0.1, 0.15) is 23.2 Å². The van der Waals surface area contributed by atoms with E-state index < -0.39 is 11.9 Å². The molecular formula is C18H18N2O4. The number of hydrogen-bond acceptors (Lipinski definition) is 4. The van der Waals surface area contributed by atoms with E-state index in [1.165, 1.54) is 6.39 Å². The van der Waals surface area contributed by atoms with Crippen LogP contribution < -0.4 is 0 Å². The van der Waals surface area contributed by atoms with Crippen molar-refractivity contribution in [3.8, 4) is 11.3 Å². The first kappa shape index (κ1) is 14.9. The van der Waals surface area contributed by atoms with Gasteiger partial charge in [-0.15, -0.1) is 0 Å². The van der Waals surface area contributed by atoms with Crippen molar-refractivity contribution in [3.63, 3.8) is 0 Å². The average molecular weight is 326 g/mol. The molecule has 0 radical (unpaired) electrons. The maximum Gasteiger partial charge on any atom is 0.308 e. The minimum absolute atomic E-state index is 0.0971. The summed E-state index contributed by atoms with van der Waals surface area (Å²) in [5, 5.41) is 9.42. The molecule has 0 spiro atoms. The second-order valence-corrected chi connectivity index (χ2v) is 6.60. The predicted octanol–water partition coefficient (Wildman–Crippen LogP) is 2.52. The van der Waals surface area contributed by atoms with E-state index >= 15 is 0 Å². The maximum absolute atomic E-state index is 12.7. The molecule has 1 aliphatic carbocycles. The lowest BCUT2D eigenvalue weighted by Crippen LogP contribution is -2.29. The van der Waals surface area contributed by atoms with Crippen LogP contribution in [0.15, 0.2) is 41.3 Å². The van der Waals surface area contributed by atoms with Crippen LogP contribution in [0.4, 0.5) is 0 Å². The summed E-state index contributed by atoms with van der Waals surface area (Å²) in [6.07, 6.45) is 5.16. The van der Waals surface area contributed by atoms with Crippen molar-refractivity contribution in [2.75, 3.05) is 13.1 Å². The number of oxazole rings is 1. The van der Waals surface area contributed by atoms with Crippen LogP contribution >= 0.6 is 0 Å². The first-order valence-corrected chi connectivity index (χ1v) is 8.14. The highest BCUT2D eigenvalue weighted by atomic mass is 16.4. The van der Waals surface area contributed by atoms with Gasteiger partial charge in [0.05, 0.1) is 12.1 Å². The SMILES string of the molecule is O=C(O)[C@H]1CN(C(=O)c2ccc(-c3cnco3)cc2)C[C@@H]1C1CC1. The molecule has 1 aromatic carbocycles. The van der Waals surface area contributed by atoms with Gasteiger partial charge in [-0.2, -0.15) is 0 Å². The number of aliphatic carboxylic acids is 1. The number of likely N-dealkylation sites (tertiary alicyclic amines) is 1. The summed E-state index contributed by atoms with van der Waals surface area (Å²) >= 11 is 0. The molecule has 6 heteroatoms. The molecule has 2 fully saturated rings. The van der Waals surface area contributed by atoms with Crippen molar-refractivity contribution in [2.45, 2.75) is 12.8 Å². The van der Waals surface area contributed by atoms with E-state index in [1.54, 1.807) is 23.2 Å². The molecule has 6 nitrogen and oxygen atoms in total. The van der Waals surface area contributed by atoms with Crippen molar-refractivity contribution in [2.24, 2.45) is 17.8 Å². The molecule has 124 valence electrons. The van der Waals surface area contributed by atoms with Gasteiger partial charge >= 0.3 is 5.97 Å². The number of carbonyl (C=O) groups excluding carboxylic acids is 1. The smallest absolute Gasteiger partial charge is 0.308 e. The van der Waals surface area contributed by atoms with Crippen LogP contribution in [-0.2, 0) is 4.79 Å². The minimum atomic E-state index is -0.789. The van der Waals surface area contributed by atoms with Crippen LogP contribution in [0, 0.1) is 17.8 Å². The number of carboxylic acid groups (broad SMARTS) is 1. The van der Waals surface area contributed by atoms with E-state index in [4.69, 9.17) is 4.42 Å². The number of aromatic nitrogens is 1. The van der Waals surface area contributed by atoms with Gasteiger partial charge in [-0.3, -0.25) is 9.59 Å². The average Bonchev–Trinajstić information content (AvgIpc) is 3.13. The molecule has 1 aliphatic heterocycles. The summed E-state index contributed by atoms with van der Waals surface area (Å²) in [6, 6.07) is 7.13. The third-order valence-corrected chi connectivity index (χ3v) is 5.05. The fourth-order valence-corrected chi connectivity index (χ4v) is 3.58. The number of amides is 1. The Morgan fingerprint density at radius 3 is 2.50 bits per heavy atom. The van der Waals surface area contributed by atoms with E-state index in [0.717, 1.165) is 18.4 Å². The van der Waals surface area contributed by atoms with Crippen LogP contribution in [-0.4, -0.2) is 40.0 Å². The zero-order valence-corrected chi connectivity index (χ0v) is 13.1. The molecule has 2 aromatic rings. The highest BCUT2D eigenvalue weighted by molar-refractivity contribution is 5.95. The molecule has 1 amide bonds. The highest BCUT2D eigenvalue weighted by Crippen LogP contribution is 2.44. The number of hydrogen-bond donors (Lipinski definition) is 1. The van der Waals surface area contributed by atoms with E-state index in [0.29, 0.717) is 30.3 Å². The fourth-order valence-electron chi connectivity index (χ4n) is 3.58. The molecule has 4 rings (SSSR count). The molecule has 1 saturated heterocycles. The van der Waals surface area contributed by atoms with E-state index in [9.17, 15) is 14.7 Å². The normalized spacial score (nSPS) is 23.4. The number of rotatable bonds is 4. The van der Waals surface area contributed by atoms with Crippen molar-refractivity contribution in [1.82, 2.24) is 9.88 Å². The van der Waals surface area contributed by atoms with Crippen LogP contribution in [0.5, 0.6) is 0 Å². The second-order valence-electron chi connectivity index (χ2n) is 6.60. The molecule has 24 heavy (non-hydrogen) atoms. The summed E-state index contributed by atoms with van der Waals surface area (Å²) in [5.41, 5.74) is 1.42. The summed E-state index contributed by atoms with van der Waals surface area (Å²) in [7, 11) is 0. The van der Waals surface area contributed by atoms with Crippen LogP contribution in [0.25, 0.3) is 11.3 Å². The van der Waals surface area contributed by atoms with Gasteiger partial charge in [-0.05, 0) is 36.8 Å². The molecular weight excluding hydrogens is 308 g/mol. The Labute approximate surface area is 139 Å². The number of carboxylic acids is 1. The number of benzene rings is 1. The molecule has 0 bridgehead atoms. The molecule has 0 unspecified atom stereocenters. The largest absolute Gasteiger partial charge is 0.481 e. The van der Waals surface area contributed by atoms with Crippen molar-refractivity contribution in [1.29, 1.82) is 0 Å². The monoisotopic (exact) mass is 326 g/mol. The van der Waals surface area contributed by atoms with Crippen LogP contribution in [0.2, 0.25) is 0 Å². The molecule has 2 heterocycles. The third kappa shape index (κ3) is 2.68. The molecule has 2 atom stereocenters. The summed E-state index contributed by atoms with van der Waals surface area (Å²) in [6.45, 7) is 0.851. The van der Waals surface area contributed by atoms with Gasteiger partial charge in [-0.25, -0.2) is 4.98 Å². The van der Waals surface area contributed by atoms with E-state index in [2.05, 4.69) is 4.98 Å². The van der Waals surface area contributed by atoms with Gasteiger partial charge in [0, 0.05) is 24.2 Å². The Kier molecular flexibility index (Phi) is 3.59. The van der Waals surface area contributed by atoms with Crippen molar-refractivity contribution in [3.05, 3.63) is 42.4 Å². The number of nitrogens with zero attached hydrogens (tertiary/aromatic N) is 2. The first-order valence-electron chi connectivity index (χ1n) is 8.14. The van der Waals surface area contributed by atoms with Crippen molar-refractivity contribution < 1.29 is 19.1 Å². The lowest BCUT2D eigenvalue weighted by Gasteiger charge is -2.16. The van der Waals surface area contributed by atoms with E-state index in [-0.39, 0.29) is 11.8 Å². The quantitative estimate of drug-likeness (QED) is 0.933. The third-order valence-electron chi connectivity index (χ3n) is 5.05. The van der Waals surface area contributed by atoms with Gasteiger partial charge in [-0.1, -0.05) is 12.1 Å². The molecule has 1 aromatic heterocycles. The maximum atomic E-state index is 12.7. The Morgan fingerprint density at radius 1 is 1.17 bits per heavy atom. The second kappa shape index (κ2) is 5.78. The lowest BCUT2D eigenvalue weighted by atomic mass is 9.92. The van der Waals surface area contributed by atoms with Crippen LogP contribution in [0.3, 0.4) is 0 Å². The van der Waals surface area contributed by atoms with Gasteiger partial charge in [0.2, 0.25) is 0 Å². The lowest BCUT2D eigenvalue weighted by molar-refractivity contribution is -0.142. The fraction of sp³-hybridized carbons (Fsp3) is 0.389. The highest BCUT2D eigenvalue weighted by Gasteiger charge is 2.46. The molecule has 1 N–H and O–H groups in total. The minimum Gasteiger partial charge on any atom is -0.481 e. The molecule has 2 aliphatic rings. The first-order chi connectivity index (χ1) is 11.6. The van der Waals surface area contributed by atoms with E-state index in [1.807, 2.05) is 12.1 Å². The van der Waals surface area contributed by atoms with Gasteiger partial charge in [0.25, 0.3) is 5.91 Å². The number of carbonyl (C=O) groups is 2. The summed E-state index contributed by atoms with van der Waals surface area (Å²) in [5.74, 6) is -0.112. The Hall–Kier alpha value is -2.63. The predicted molar refractivity (Wildman–Crippen MR) is 85.2 cm³/mol. The zero-order chi connectivity index (χ0) is 16.7. The van der Waals surface area contributed by atoms with Gasteiger partial charge in [0.1, 0.15) is 0 Å². The standard InChI is InChI=1S/C18H18N2O4/c21-17(13-5-3-12(4-6-13)16-7-19-10-24-16)20-8-14(11-1-2-11)15(9-20)18(22)23/h3-7,10-11,14-15H,1-2,8-9H2,(H,22,23)/t14-,15+/m1/s1. The Bertz CT molecular complexity index is 750. The molecule has 1 saturated carbocycles. The summed E-state index contributed by atoms with van der Waals surface area (Å²) < 4.78 is 5.24. The zero-order valence-electron chi connectivity index (χ0n) is 13.1. The summed E-state index contributed by atoms with van der Waals surface area (Å²) in [4.78, 5) is 29.7.